The van der Waals surface area contributed by atoms with E-state index in [0.717, 1.165) is 32.2 Å². The van der Waals surface area contributed by atoms with E-state index in [0.29, 0.717) is 32.1 Å². The van der Waals surface area contributed by atoms with E-state index in [4.69, 9.17) is 9.73 Å². The van der Waals surface area contributed by atoms with Crippen LogP contribution >= 0.6 is 0 Å². The summed E-state index contributed by atoms with van der Waals surface area (Å²) in [6.45, 7) is 12.4. The molecule has 2 amide bonds. The van der Waals surface area contributed by atoms with E-state index >= 15 is 0 Å². The average molecular weight is 412 g/mol. The first kappa shape index (κ1) is 25.0. The van der Waals surface area contributed by atoms with Crippen LogP contribution in [0, 0.1) is 5.41 Å². The normalized spacial score (nSPS) is 16.3. The highest BCUT2D eigenvalue weighted by Gasteiger charge is 2.42. The van der Waals surface area contributed by atoms with Gasteiger partial charge in [0.25, 0.3) is 0 Å². The fourth-order valence-corrected chi connectivity index (χ4v) is 3.55. The second-order valence-corrected chi connectivity index (χ2v) is 8.87. The molecule has 0 spiro atoms. The lowest BCUT2D eigenvalue weighted by atomic mass is 9.85. The van der Waals surface area contributed by atoms with Gasteiger partial charge < -0.3 is 25.2 Å². The molecule has 0 unspecified atom stereocenters. The van der Waals surface area contributed by atoms with Gasteiger partial charge in [0.1, 0.15) is 5.60 Å². The Hall–Kier alpha value is -1.99. The zero-order valence-electron chi connectivity index (χ0n) is 19.4. The molecule has 8 nitrogen and oxygen atoms in total. The van der Waals surface area contributed by atoms with Crippen molar-refractivity contribution in [2.75, 3.05) is 46.8 Å². The van der Waals surface area contributed by atoms with Crippen LogP contribution in [-0.4, -0.2) is 80.2 Å². The van der Waals surface area contributed by atoms with Crippen LogP contribution in [0.3, 0.4) is 0 Å². The Morgan fingerprint density at radius 3 is 2.21 bits per heavy atom. The maximum absolute atomic E-state index is 12.7. The number of amides is 2. The number of ether oxygens (including phenoxy) is 1. The first-order chi connectivity index (χ1) is 13.5. The summed E-state index contributed by atoms with van der Waals surface area (Å²) in [6.07, 6.45) is 3.59. The molecule has 1 aliphatic carbocycles. The summed E-state index contributed by atoms with van der Waals surface area (Å²) < 4.78 is 5.44. The van der Waals surface area contributed by atoms with Gasteiger partial charge in [-0.2, -0.15) is 0 Å². The molecule has 29 heavy (non-hydrogen) atoms. The minimum atomic E-state index is -0.511. The molecule has 0 aromatic heterocycles. The van der Waals surface area contributed by atoms with Gasteiger partial charge in [0.2, 0.25) is 5.91 Å². The van der Waals surface area contributed by atoms with E-state index in [2.05, 4.69) is 10.6 Å². The molecule has 0 aliphatic heterocycles. The van der Waals surface area contributed by atoms with Crippen molar-refractivity contribution < 1.29 is 14.3 Å². The molecule has 1 aliphatic rings. The van der Waals surface area contributed by atoms with Crippen LogP contribution in [0.5, 0.6) is 0 Å². The third kappa shape index (κ3) is 8.11. The summed E-state index contributed by atoms with van der Waals surface area (Å²) in [5.74, 6) is 0.835. The lowest BCUT2D eigenvalue weighted by Crippen LogP contribution is -2.45. The van der Waals surface area contributed by atoms with E-state index < -0.39 is 11.0 Å². The van der Waals surface area contributed by atoms with Crippen LogP contribution in [0.25, 0.3) is 0 Å². The number of rotatable bonds is 8. The molecule has 0 radical (unpaired) electrons. The monoisotopic (exact) mass is 411 g/mol. The largest absolute Gasteiger partial charge is 0.444 e. The Morgan fingerprint density at radius 1 is 1.10 bits per heavy atom. The Bertz CT molecular complexity index is 563. The van der Waals surface area contributed by atoms with Crippen molar-refractivity contribution in [3.63, 3.8) is 0 Å². The second kappa shape index (κ2) is 11.3. The van der Waals surface area contributed by atoms with E-state index in [9.17, 15) is 9.59 Å². The minimum Gasteiger partial charge on any atom is -0.444 e. The fourth-order valence-electron chi connectivity index (χ4n) is 3.55. The number of nitrogens with one attached hydrogen (secondary N) is 2. The van der Waals surface area contributed by atoms with Gasteiger partial charge in [-0.25, -0.2) is 4.79 Å². The summed E-state index contributed by atoms with van der Waals surface area (Å²) in [5, 5.41) is 6.51. The van der Waals surface area contributed by atoms with Crippen molar-refractivity contribution in [1.82, 2.24) is 20.4 Å². The van der Waals surface area contributed by atoms with Crippen molar-refractivity contribution in [3.8, 4) is 0 Å². The van der Waals surface area contributed by atoms with Gasteiger partial charge in [0, 0.05) is 40.3 Å². The zero-order valence-corrected chi connectivity index (χ0v) is 19.4. The molecule has 168 valence electrons. The fraction of sp³-hybridized carbons (Fsp3) is 0.857. The van der Waals surface area contributed by atoms with Gasteiger partial charge in [-0.05, 0) is 47.5 Å². The lowest BCUT2D eigenvalue weighted by molar-refractivity contribution is -0.138. The van der Waals surface area contributed by atoms with E-state index in [1.54, 1.807) is 9.80 Å². The van der Waals surface area contributed by atoms with Crippen LogP contribution in [0.2, 0.25) is 0 Å². The topological polar surface area (TPSA) is 86.3 Å². The van der Waals surface area contributed by atoms with Crippen molar-refractivity contribution in [2.24, 2.45) is 10.4 Å². The molecule has 2 N–H and O–H groups in total. The highest BCUT2D eigenvalue weighted by atomic mass is 16.6. The molecule has 8 heteroatoms. The van der Waals surface area contributed by atoms with Gasteiger partial charge >= 0.3 is 6.09 Å². The number of carbonyl (C=O) groups excluding carboxylic acids is 2. The third-order valence-corrected chi connectivity index (χ3v) is 5.01. The molecule has 1 rings (SSSR count). The summed E-state index contributed by atoms with van der Waals surface area (Å²) in [4.78, 5) is 33.0. The Morgan fingerprint density at radius 2 is 1.72 bits per heavy atom. The average Bonchev–Trinajstić information content (AvgIpc) is 3.10. The number of hydrogen-bond acceptors (Lipinski definition) is 4. The van der Waals surface area contributed by atoms with Gasteiger partial charge in [0.15, 0.2) is 5.96 Å². The number of guanidine groups is 1. The predicted octanol–water partition coefficient (Wildman–Crippen LogP) is 2.45. The van der Waals surface area contributed by atoms with Crippen LogP contribution in [0.1, 0.15) is 60.3 Å². The van der Waals surface area contributed by atoms with E-state index in [1.165, 1.54) is 0 Å². The molecule has 0 heterocycles. The summed E-state index contributed by atoms with van der Waals surface area (Å²) in [7, 11) is 3.62. The summed E-state index contributed by atoms with van der Waals surface area (Å²) >= 11 is 0. The Balaban J connectivity index is 2.70. The van der Waals surface area contributed by atoms with Crippen LogP contribution in [0.4, 0.5) is 4.79 Å². The Labute approximate surface area is 176 Å². The standard InChI is InChI=1S/C21H41N5O3/c1-8-22-18(23-14-15-26(9-2)19(28)29-20(3,4)5)24-16-21(12-10-11-13-21)17(27)25(6)7/h8-16H2,1-7H3,(H2,22,23,24). The first-order valence-corrected chi connectivity index (χ1v) is 10.8. The molecule has 0 atom stereocenters. The molecular weight excluding hydrogens is 370 g/mol. The molecule has 0 aromatic carbocycles. The molecule has 1 fully saturated rings. The van der Waals surface area contributed by atoms with Crippen molar-refractivity contribution >= 4 is 18.0 Å². The van der Waals surface area contributed by atoms with Crippen LogP contribution in [0.15, 0.2) is 4.99 Å². The van der Waals surface area contributed by atoms with Crippen LogP contribution < -0.4 is 10.6 Å². The second-order valence-electron chi connectivity index (χ2n) is 8.87. The van der Waals surface area contributed by atoms with Gasteiger partial charge in [-0.1, -0.05) is 12.8 Å². The number of hydrogen-bond donors (Lipinski definition) is 2. The van der Waals surface area contributed by atoms with Crippen molar-refractivity contribution in [1.29, 1.82) is 0 Å². The van der Waals surface area contributed by atoms with Gasteiger partial charge in [0.05, 0.1) is 12.0 Å². The molecule has 0 saturated heterocycles. The quantitative estimate of drug-likeness (QED) is 0.473. The van der Waals surface area contributed by atoms with Gasteiger partial charge in [-0.3, -0.25) is 9.79 Å². The number of nitrogens with zero attached hydrogens (tertiary/aromatic N) is 3. The number of aliphatic imine (C=N–C) groups is 1. The highest BCUT2D eigenvalue weighted by Crippen LogP contribution is 2.39. The van der Waals surface area contributed by atoms with Crippen molar-refractivity contribution in [3.05, 3.63) is 0 Å². The predicted molar refractivity (Wildman–Crippen MR) is 117 cm³/mol. The van der Waals surface area contributed by atoms with E-state index in [1.807, 2.05) is 48.7 Å². The minimum absolute atomic E-state index is 0.164. The molecule has 1 saturated carbocycles. The summed E-state index contributed by atoms with van der Waals surface area (Å²) in [6, 6.07) is 0. The lowest BCUT2D eigenvalue weighted by Gasteiger charge is -2.29. The maximum Gasteiger partial charge on any atom is 0.410 e. The molecule has 0 aromatic rings. The maximum atomic E-state index is 12.7. The smallest absolute Gasteiger partial charge is 0.410 e. The van der Waals surface area contributed by atoms with Crippen LogP contribution in [-0.2, 0) is 9.53 Å². The summed E-state index contributed by atoms with van der Waals surface area (Å²) in [5.41, 5.74) is -0.902. The first-order valence-electron chi connectivity index (χ1n) is 10.8. The highest BCUT2D eigenvalue weighted by molar-refractivity contribution is 5.84. The van der Waals surface area contributed by atoms with Crippen molar-refractivity contribution in [2.45, 2.75) is 65.9 Å². The molecule has 0 bridgehead atoms. The number of likely N-dealkylation sites (N-methyl/N-ethyl adjacent to an activating group) is 1. The zero-order chi connectivity index (χ0) is 22.1. The number of carbonyl (C=O) groups is 2. The Kier molecular flexibility index (Phi) is 9.73. The van der Waals surface area contributed by atoms with Gasteiger partial charge in [-0.15, -0.1) is 0 Å². The third-order valence-electron chi connectivity index (χ3n) is 5.01. The van der Waals surface area contributed by atoms with E-state index in [-0.39, 0.29) is 12.0 Å². The molecular formula is C21H41N5O3. The SMILES string of the molecule is CCNC(=NCC1(C(=O)N(C)C)CCCC1)NCCN(CC)C(=O)OC(C)(C)C.